The Morgan fingerprint density at radius 3 is 2.46 bits per heavy atom. The van der Waals surface area contributed by atoms with Crippen molar-refractivity contribution < 1.29 is 4.74 Å². The summed E-state index contributed by atoms with van der Waals surface area (Å²) < 4.78 is 5.22. The SMILES string of the molecule is CCCCSC(C)CCC(C)OC. The largest absolute Gasteiger partial charge is 0.382 e. The molecule has 0 bridgehead atoms. The lowest BCUT2D eigenvalue weighted by molar-refractivity contribution is 0.109. The quantitative estimate of drug-likeness (QED) is 0.557. The first-order valence-corrected chi connectivity index (χ1v) is 6.40. The minimum atomic E-state index is 0.425. The smallest absolute Gasteiger partial charge is 0.0543 e. The average Bonchev–Trinajstić information content (AvgIpc) is 2.14. The molecule has 0 N–H and O–H groups in total. The predicted octanol–water partition coefficient (Wildman–Crippen LogP) is 3.72. The van der Waals surface area contributed by atoms with Gasteiger partial charge in [-0.2, -0.15) is 11.8 Å². The maximum atomic E-state index is 5.22. The molecule has 0 spiro atoms. The fourth-order valence-electron chi connectivity index (χ4n) is 1.10. The highest BCUT2D eigenvalue weighted by atomic mass is 32.2. The van der Waals surface area contributed by atoms with Crippen molar-refractivity contribution in [3.8, 4) is 0 Å². The number of rotatable bonds is 8. The number of hydrogen-bond acceptors (Lipinski definition) is 2. The summed E-state index contributed by atoms with van der Waals surface area (Å²) in [5, 5.41) is 0.796. The van der Waals surface area contributed by atoms with Crippen LogP contribution in [0.2, 0.25) is 0 Å². The summed E-state index contributed by atoms with van der Waals surface area (Å²) in [6.45, 7) is 6.71. The van der Waals surface area contributed by atoms with Crippen LogP contribution in [0.4, 0.5) is 0 Å². The molecule has 0 aliphatic carbocycles. The summed E-state index contributed by atoms with van der Waals surface area (Å²) >= 11 is 2.10. The van der Waals surface area contributed by atoms with E-state index >= 15 is 0 Å². The van der Waals surface area contributed by atoms with Crippen molar-refractivity contribution in [2.75, 3.05) is 12.9 Å². The summed E-state index contributed by atoms with van der Waals surface area (Å²) in [5.74, 6) is 1.32. The molecule has 2 atom stereocenters. The molecule has 80 valence electrons. The molecule has 13 heavy (non-hydrogen) atoms. The van der Waals surface area contributed by atoms with Crippen LogP contribution in [-0.4, -0.2) is 24.2 Å². The Labute approximate surface area is 87.6 Å². The van der Waals surface area contributed by atoms with E-state index in [0.717, 1.165) is 5.25 Å². The topological polar surface area (TPSA) is 9.23 Å². The molecule has 0 saturated carbocycles. The van der Waals surface area contributed by atoms with E-state index in [2.05, 4.69) is 32.5 Å². The molecule has 2 heteroatoms. The highest BCUT2D eigenvalue weighted by Crippen LogP contribution is 2.18. The van der Waals surface area contributed by atoms with Crippen LogP contribution in [0.5, 0.6) is 0 Å². The number of ether oxygens (including phenoxy) is 1. The first-order chi connectivity index (χ1) is 6.20. The molecule has 0 saturated heterocycles. The lowest BCUT2D eigenvalue weighted by Gasteiger charge is -2.13. The van der Waals surface area contributed by atoms with Crippen molar-refractivity contribution in [3.63, 3.8) is 0 Å². The van der Waals surface area contributed by atoms with E-state index in [1.807, 2.05) is 0 Å². The predicted molar refractivity (Wildman–Crippen MR) is 62.5 cm³/mol. The maximum Gasteiger partial charge on any atom is 0.0543 e. The van der Waals surface area contributed by atoms with E-state index in [9.17, 15) is 0 Å². The number of hydrogen-bond donors (Lipinski definition) is 0. The minimum absolute atomic E-state index is 0.425. The number of methoxy groups -OCH3 is 1. The normalized spacial score (nSPS) is 15.7. The molecular weight excluding hydrogens is 180 g/mol. The van der Waals surface area contributed by atoms with Gasteiger partial charge in [0.25, 0.3) is 0 Å². The summed E-state index contributed by atoms with van der Waals surface area (Å²) in [7, 11) is 1.79. The highest BCUT2D eigenvalue weighted by Gasteiger charge is 2.05. The van der Waals surface area contributed by atoms with Crippen molar-refractivity contribution in [2.45, 2.75) is 57.8 Å². The van der Waals surface area contributed by atoms with Gasteiger partial charge in [0.1, 0.15) is 0 Å². The average molecular weight is 204 g/mol. The van der Waals surface area contributed by atoms with E-state index in [4.69, 9.17) is 4.74 Å². The standard InChI is InChI=1S/C11H24OS/c1-5-6-9-13-11(3)8-7-10(2)12-4/h10-11H,5-9H2,1-4H3. The molecule has 0 aliphatic heterocycles. The van der Waals surface area contributed by atoms with Crippen molar-refractivity contribution in [1.82, 2.24) is 0 Å². The van der Waals surface area contributed by atoms with E-state index in [1.165, 1.54) is 31.4 Å². The molecule has 0 aromatic rings. The van der Waals surface area contributed by atoms with Crippen molar-refractivity contribution >= 4 is 11.8 Å². The number of thioether (sulfide) groups is 1. The van der Waals surface area contributed by atoms with Gasteiger partial charge in [0.15, 0.2) is 0 Å². The Balaban J connectivity index is 3.24. The molecule has 1 nitrogen and oxygen atoms in total. The second kappa shape index (κ2) is 8.89. The van der Waals surface area contributed by atoms with Gasteiger partial charge >= 0.3 is 0 Å². The minimum Gasteiger partial charge on any atom is -0.382 e. The fourth-order valence-corrected chi connectivity index (χ4v) is 2.26. The Bertz CT molecular complexity index is 106. The monoisotopic (exact) mass is 204 g/mol. The van der Waals surface area contributed by atoms with Gasteiger partial charge in [-0.3, -0.25) is 0 Å². The van der Waals surface area contributed by atoms with Crippen LogP contribution in [0.3, 0.4) is 0 Å². The molecule has 0 aliphatic rings. The van der Waals surface area contributed by atoms with Crippen LogP contribution < -0.4 is 0 Å². The molecule has 0 heterocycles. The third kappa shape index (κ3) is 8.63. The second-order valence-corrected chi connectivity index (χ2v) is 5.20. The highest BCUT2D eigenvalue weighted by molar-refractivity contribution is 7.99. The van der Waals surface area contributed by atoms with Gasteiger partial charge in [0.2, 0.25) is 0 Å². The Morgan fingerprint density at radius 1 is 1.23 bits per heavy atom. The van der Waals surface area contributed by atoms with E-state index in [1.54, 1.807) is 7.11 Å². The zero-order chi connectivity index (χ0) is 10.1. The summed E-state index contributed by atoms with van der Waals surface area (Å²) in [6, 6.07) is 0. The van der Waals surface area contributed by atoms with E-state index < -0.39 is 0 Å². The third-order valence-electron chi connectivity index (χ3n) is 2.28. The molecule has 0 amide bonds. The van der Waals surface area contributed by atoms with Crippen LogP contribution in [0.1, 0.15) is 46.5 Å². The molecule has 0 aromatic heterocycles. The van der Waals surface area contributed by atoms with Gasteiger partial charge in [-0.25, -0.2) is 0 Å². The fraction of sp³-hybridized carbons (Fsp3) is 1.00. The summed E-state index contributed by atoms with van der Waals surface area (Å²) in [4.78, 5) is 0. The zero-order valence-corrected chi connectivity index (χ0v) is 10.3. The van der Waals surface area contributed by atoms with Crippen LogP contribution in [0, 0.1) is 0 Å². The van der Waals surface area contributed by atoms with Gasteiger partial charge in [-0.15, -0.1) is 0 Å². The molecule has 0 rings (SSSR count). The van der Waals surface area contributed by atoms with Gasteiger partial charge in [-0.05, 0) is 31.9 Å². The van der Waals surface area contributed by atoms with Gasteiger partial charge in [0, 0.05) is 12.4 Å². The third-order valence-corrected chi connectivity index (χ3v) is 3.61. The first-order valence-electron chi connectivity index (χ1n) is 5.35. The van der Waals surface area contributed by atoms with Gasteiger partial charge < -0.3 is 4.74 Å². The molecule has 0 aromatic carbocycles. The van der Waals surface area contributed by atoms with E-state index in [0.29, 0.717) is 6.10 Å². The zero-order valence-electron chi connectivity index (χ0n) is 9.51. The lowest BCUT2D eigenvalue weighted by atomic mass is 10.2. The molecule has 0 radical (unpaired) electrons. The Morgan fingerprint density at radius 2 is 1.92 bits per heavy atom. The maximum absolute atomic E-state index is 5.22. The summed E-state index contributed by atoms with van der Waals surface area (Å²) in [5.41, 5.74) is 0. The van der Waals surface area contributed by atoms with Crippen LogP contribution >= 0.6 is 11.8 Å². The lowest BCUT2D eigenvalue weighted by Crippen LogP contribution is -2.08. The van der Waals surface area contributed by atoms with Crippen molar-refractivity contribution in [2.24, 2.45) is 0 Å². The van der Waals surface area contributed by atoms with Crippen LogP contribution in [-0.2, 0) is 4.74 Å². The Hall–Kier alpha value is 0.310. The van der Waals surface area contributed by atoms with Crippen LogP contribution in [0.15, 0.2) is 0 Å². The van der Waals surface area contributed by atoms with E-state index in [-0.39, 0.29) is 0 Å². The number of unbranched alkanes of at least 4 members (excludes halogenated alkanes) is 1. The van der Waals surface area contributed by atoms with Crippen LogP contribution in [0.25, 0.3) is 0 Å². The molecule has 0 fully saturated rings. The molecular formula is C11H24OS. The molecule has 2 unspecified atom stereocenters. The van der Waals surface area contributed by atoms with Crippen molar-refractivity contribution in [1.29, 1.82) is 0 Å². The van der Waals surface area contributed by atoms with Gasteiger partial charge in [0.05, 0.1) is 6.10 Å². The van der Waals surface area contributed by atoms with Crippen molar-refractivity contribution in [3.05, 3.63) is 0 Å². The second-order valence-electron chi connectivity index (χ2n) is 3.66. The van der Waals surface area contributed by atoms with Gasteiger partial charge in [-0.1, -0.05) is 20.3 Å². The summed E-state index contributed by atoms with van der Waals surface area (Å²) in [6.07, 6.45) is 5.57. The Kier molecular flexibility index (Phi) is 9.10. The first kappa shape index (κ1) is 13.3.